The Morgan fingerprint density at radius 1 is 1.10 bits per heavy atom. The summed E-state index contributed by atoms with van der Waals surface area (Å²) in [6, 6.07) is 6.82. The summed E-state index contributed by atoms with van der Waals surface area (Å²) < 4.78 is 37.5. The Hall–Kier alpha value is -0.950. The molecule has 0 bridgehead atoms. The first kappa shape index (κ1) is 28.1. The Kier molecular flexibility index (Phi) is 16.3. The fourth-order valence-corrected chi connectivity index (χ4v) is 3.40. The van der Waals surface area contributed by atoms with Gasteiger partial charge in [0.05, 0.1) is 11.5 Å². The van der Waals surface area contributed by atoms with E-state index in [4.69, 9.17) is 9.47 Å². The number of aliphatic imine (C=N–C) groups is 1. The van der Waals surface area contributed by atoms with Crippen LogP contribution in [0, 0.1) is 0 Å². The second-order valence-corrected chi connectivity index (χ2v) is 7.98. The molecule has 0 radical (unpaired) electrons. The van der Waals surface area contributed by atoms with Crippen LogP contribution in [0.25, 0.3) is 0 Å². The first-order chi connectivity index (χ1) is 13.5. The number of methoxy groups -OCH3 is 1. The lowest BCUT2D eigenvalue weighted by Crippen LogP contribution is -2.37. The molecule has 0 aliphatic rings. The molecule has 0 heterocycles. The van der Waals surface area contributed by atoms with Crippen LogP contribution in [0.3, 0.4) is 0 Å². The van der Waals surface area contributed by atoms with Crippen molar-refractivity contribution in [2.24, 2.45) is 4.99 Å². The maximum atomic E-state index is 12.3. The molecule has 8 nitrogen and oxygen atoms in total. The molecule has 168 valence electrons. The highest BCUT2D eigenvalue weighted by molar-refractivity contribution is 14.0. The molecule has 10 heteroatoms. The van der Waals surface area contributed by atoms with Crippen molar-refractivity contribution >= 4 is 40.0 Å². The van der Waals surface area contributed by atoms with E-state index in [0.717, 1.165) is 44.6 Å². The van der Waals surface area contributed by atoms with Crippen LogP contribution in [0.5, 0.6) is 0 Å². The summed E-state index contributed by atoms with van der Waals surface area (Å²) in [6.07, 6.45) is 3.12. The molecule has 0 fully saturated rings. The van der Waals surface area contributed by atoms with Gasteiger partial charge in [0.2, 0.25) is 10.0 Å². The summed E-state index contributed by atoms with van der Waals surface area (Å²) in [6.45, 7) is 5.45. The van der Waals surface area contributed by atoms with Crippen molar-refractivity contribution in [1.29, 1.82) is 0 Å². The van der Waals surface area contributed by atoms with E-state index in [1.807, 2.05) is 6.07 Å². The van der Waals surface area contributed by atoms with Crippen LogP contribution in [0.4, 0.5) is 0 Å². The van der Waals surface area contributed by atoms with Gasteiger partial charge in [-0.25, -0.2) is 13.1 Å². The summed E-state index contributed by atoms with van der Waals surface area (Å²) in [7, 11) is -0.313. The third-order valence-electron chi connectivity index (χ3n) is 3.89. The molecule has 0 saturated carbocycles. The summed E-state index contributed by atoms with van der Waals surface area (Å²) >= 11 is 0. The Labute approximate surface area is 192 Å². The molecule has 29 heavy (non-hydrogen) atoms. The Balaban J connectivity index is 0.00000784. The second kappa shape index (κ2) is 16.8. The van der Waals surface area contributed by atoms with E-state index in [2.05, 4.69) is 27.3 Å². The van der Waals surface area contributed by atoms with Crippen LogP contribution in [-0.2, 0) is 26.0 Å². The zero-order chi connectivity index (χ0) is 20.7. The zero-order valence-electron chi connectivity index (χ0n) is 17.6. The molecule has 0 aliphatic heterocycles. The minimum atomic E-state index is -3.54. The number of nitrogens with one attached hydrogen (secondary N) is 3. The molecule has 0 spiro atoms. The van der Waals surface area contributed by atoms with Gasteiger partial charge in [0.1, 0.15) is 0 Å². The van der Waals surface area contributed by atoms with Crippen molar-refractivity contribution in [3.63, 3.8) is 0 Å². The van der Waals surface area contributed by atoms with Crippen LogP contribution < -0.4 is 15.4 Å². The van der Waals surface area contributed by atoms with Gasteiger partial charge in [-0.1, -0.05) is 25.5 Å². The van der Waals surface area contributed by atoms with E-state index in [1.54, 1.807) is 25.2 Å². The van der Waals surface area contributed by atoms with Crippen LogP contribution in [0.15, 0.2) is 34.2 Å². The van der Waals surface area contributed by atoms with Crippen molar-refractivity contribution in [3.8, 4) is 0 Å². The highest BCUT2D eigenvalue weighted by Crippen LogP contribution is 2.11. The van der Waals surface area contributed by atoms with E-state index in [1.165, 1.54) is 7.11 Å². The standard InChI is InChI=1S/C19H34N4O4S.HI/c1-4-5-12-27-13-7-10-21-19(20-2)22-16-17-8-6-9-18(15-17)28(24,25)23-11-14-26-3;/h6,8-9,15,23H,4-5,7,10-14,16H2,1-3H3,(H2,20,21,22);1H. The molecule has 1 aromatic carbocycles. The van der Waals surface area contributed by atoms with Crippen LogP contribution in [0.1, 0.15) is 31.7 Å². The average Bonchev–Trinajstić information content (AvgIpc) is 2.70. The van der Waals surface area contributed by atoms with E-state index >= 15 is 0 Å². The molecule has 0 aromatic heterocycles. The number of ether oxygens (including phenoxy) is 2. The average molecular weight is 542 g/mol. The minimum Gasteiger partial charge on any atom is -0.383 e. The van der Waals surface area contributed by atoms with Crippen LogP contribution in [0.2, 0.25) is 0 Å². The largest absolute Gasteiger partial charge is 0.383 e. The van der Waals surface area contributed by atoms with Gasteiger partial charge in [-0.2, -0.15) is 0 Å². The molecule has 1 rings (SSSR count). The number of nitrogens with zero attached hydrogens (tertiary/aromatic N) is 1. The van der Waals surface area contributed by atoms with Gasteiger partial charge in [-0.3, -0.25) is 4.99 Å². The lowest BCUT2D eigenvalue weighted by Gasteiger charge is -2.13. The zero-order valence-corrected chi connectivity index (χ0v) is 20.7. The quantitative estimate of drug-likeness (QED) is 0.144. The summed E-state index contributed by atoms with van der Waals surface area (Å²) in [5.74, 6) is 0.667. The second-order valence-electron chi connectivity index (χ2n) is 6.21. The first-order valence-corrected chi connectivity index (χ1v) is 11.1. The molecule has 0 atom stereocenters. The van der Waals surface area contributed by atoms with Gasteiger partial charge in [0.25, 0.3) is 0 Å². The molecule has 0 aliphatic carbocycles. The van der Waals surface area contributed by atoms with Crippen molar-refractivity contribution in [3.05, 3.63) is 29.8 Å². The fraction of sp³-hybridized carbons (Fsp3) is 0.632. The smallest absolute Gasteiger partial charge is 0.240 e. The maximum Gasteiger partial charge on any atom is 0.240 e. The summed E-state index contributed by atoms with van der Waals surface area (Å²) in [5.41, 5.74) is 0.848. The molecule has 0 unspecified atom stereocenters. The normalized spacial score (nSPS) is 11.8. The number of unbranched alkanes of at least 4 members (excludes halogenated alkanes) is 1. The van der Waals surface area contributed by atoms with E-state index < -0.39 is 10.0 Å². The first-order valence-electron chi connectivity index (χ1n) is 9.63. The van der Waals surface area contributed by atoms with Gasteiger partial charge in [-0.15, -0.1) is 24.0 Å². The van der Waals surface area contributed by atoms with Gasteiger partial charge in [-0.05, 0) is 30.5 Å². The van der Waals surface area contributed by atoms with Crippen LogP contribution >= 0.6 is 24.0 Å². The predicted molar refractivity (Wildman–Crippen MR) is 127 cm³/mol. The number of hydrogen-bond donors (Lipinski definition) is 3. The number of sulfonamides is 1. The number of guanidine groups is 1. The Bertz CT molecular complexity index is 687. The van der Waals surface area contributed by atoms with Crippen molar-refractivity contribution in [2.75, 3.05) is 47.1 Å². The maximum absolute atomic E-state index is 12.3. The third kappa shape index (κ3) is 12.4. The molecular formula is C19H35IN4O4S. The monoisotopic (exact) mass is 542 g/mol. The Morgan fingerprint density at radius 3 is 2.55 bits per heavy atom. The van der Waals surface area contributed by atoms with Crippen LogP contribution in [-0.4, -0.2) is 61.4 Å². The van der Waals surface area contributed by atoms with E-state index in [-0.39, 0.29) is 35.4 Å². The Morgan fingerprint density at radius 2 is 1.86 bits per heavy atom. The summed E-state index contributed by atoms with van der Waals surface area (Å²) in [5, 5.41) is 6.41. The summed E-state index contributed by atoms with van der Waals surface area (Å²) in [4.78, 5) is 4.41. The van der Waals surface area contributed by atoms with Crippen molar-refractivity contribution in [2.45, 2.75) is 37.6 Å². The van der Waals surface area contributed by atoms with E-state index in [0.29, 0.717) is 19.1 Å². The van der Waals surface area contributed by atoms with Crippen molar-refractivity contribution < 1.29 is 17.9 Å². The lowest BCUT2D eigenvalue weighted by molar-refractivity contribution is 0.129. The molecular weight excluding hydrogens is 507 g/mol. The predicted octanol–water partition coefficient (Wildman–Crippen LogP) is 2.10. The van der Waals surface area contributed by atoms with Gasteiger partial charge < -0.3 is 20.1 Å². The molecule has 3 N–H and O–H groups in total. The van der Waals surface area contributed by atoms with Gasteiger partial charge in [0.15, 0.2) is 5.96 Å². The highest BCUT2D eigenvalue weighted by atomic mass is 127. The number of benzene rings is 1. The lowest BCUT2D eigenvalue weighted by atomic mass is 10.2. The van der Waals surface area contributed by atoms with Gasteiger partial charge >= 0.3 is 0 Å². The fourth-order valence-electron chi connectivity index (χ4n) is 2.32. The minimum absolute atomic E-state index is 0. The number of rotatable bonds is 14. The van der Waals surface area contributed by atoms with Crippen molar-refractivity contribution in [1.82, 2.24) is 15.4 Å². The third-order valence-corrected chi connectivity index (χ3v) is 5.35. The van der Waals surface area contributed by atoms with E-state index in [9.17, 15) is 8.42 Å². The molecule has 1 aromatic rings. The SMILES string of the molecule is CCCCOCCCNC(=NC)NCc1cccc(S(=O)(=O)NCCOC)c1.I. The number of halogens is 1. The molecule has 0 saturated heterocycles. The number of hydrogen-bond acceptors (Lipinski definition) is 5. The molecule has 0 amide bonds. The highest BCUT2D eigenvalue weighted by Gasteiger charge is 2.13. The van der Waals surface area contributed by atoms with Gasteiger partial charge in [0, 0.05) is 47.0 Å². The topological polar surface area (TPSA) is 101 Å².